The molecular weight excluding hydrogens is 243 g/mol. The number of likely N-dealkylation sites (N-methyl/N-ethyl adjacent to an activating group) is 1. The minimum Gasteiger partial charge on any atom is -0.396 e. The Hall–Kier alpha value is -0.970. The van der Waals surface area contributed by atoms with Crippen LogP contribution in [0.15, 0.2) is 24.3 Å². The molecule has 0 heterocycles. The maximum absolute atomic E-state index is 12.8. The molecule has 0 spiro atoms. The fourth-order valence-corrected chi connectivity index (χ4v) is 2.10. The van der Waals surface area contributed by atoms with Crippen LogP contribution in [-0.2, 0) is 6.54 Å². The second-order valence-corrected chi connectivity index (χ2v) is 4.99. The zero-order valence-corrected chi connectivity index (χ0v) is 11.9. The summed E-state index contributed by atoms with van der Waals surface area (Å²) in [6.07, 6.45) is 1.84. The molecule has 0 radical (unpaired) electrons. The smallest absolute Gasteiger partial charge is 0.123 e. The van der Waals surface area contributed by atoms with Crippen LogP contribution < -0.4 is 5.32 Å². The second-order valence-electron chi connectivity index (χ2n) is 4.99. The molecular formula is C15H25FN2O. The van der Waals surface area contributed by atoms with Crippen LogP contribution in [0.3, 0.4) is 0 Å². The number of aliphatic hydroxyl groups excluding tert-OH is 1. The van der Waals surface area contributed by atoms with Crippen molar-refractivity contribution in [3.05, 3.63) is 35.6 Å². The Bertz CT molecular complexity index is 343. The lowest BCUT2D eigenvalue weighted by Crippen LogP contribution is -2.40. The van der Waals surface area contributed by atoms with Crippen molar-refractivity contribution in [2.45, 2.75) is 32.4 Å². The highest BCUT2D eigenvalue weighted by molar-refractivity contribution is 5.15. The molecule has 4 heteroatoms. The van der Waals surface area contributed by atoms with E-state index in [1.807, 2.05) is 19.2 Å². The zero-order valence-electron chi connectivity index (χ0n) is 11.9. The molecule has 1 aromatic rings. The van der Waals surface area contributed by atoms with Gasteiger partial charge in [0.1, 0.15) is 5.82 Å². The van der Waals surface area contributed by atoms with Crippen molar-refractivity contribution in [2.75, 3.05) is 26.7 Å². The third kappa shape index (κ3) is 6.66. The third-order valence-electron chi connectivity index (χ3n) is 3.06. The van der Waals surface area contributed by atoms with Crippen molar-refractivity contribution in [3.8, 4) is 0 Å². The lowest BCUT2D eigenvalue weighted by Gasteiger charge is -2.24. The number of hydrogen-bond acceptors (Lipinski definition) is 3. The molecule has 0 saturated heterocycles. The number of nitrogens with zero attached hydrogens (tertiary/aromatic N) is 1. The van der Waals surface area contributed by atoms with Gasteiger partial charge in [0.25, 0.3) is 0 Å². The van der Waals surface area contributed by atoms with Gasteiger partial charge in [-0.2, -0.15) is 0 Å². The summed E-state index contributed by atoms with van der Waals surface area (Å²) in [4.78, 5) is 2.19. The molecule has 0 bridgehead atoms. The molecule has 19 heavy (non-hydrogen) atoms. The molecule has 0 aliphatic rings. The number of benzene rings is 1. The highest BCUT2D eigenvalue weighted by atomic mass is 19.1. The molecule has 3 nitrogen and oxygen atoms in total. The quantitative estimate of drug-likeness (QED) is 0.719. The van der Waals surface area contributed by atoms with E-state index in [1.54, 1.807) is 0 Å². The van der Waals surface area contributed by atoms with Crippen LogP contribution in [-0.4, -0.2) is 42.8 Å². The van der Waals surface area contributed by atoms with Gasteiger partial charge in [0.15, 0.2) is 0 Å². The Balaban J connectivity index is 2.42. The molecule has 1 unspecified atom stereocenters. The average Bonchev–Trinajstić information content (AvgIpc) is 2.39. The van der Waals surface area contributed by atoms with Gasteiger partial charge in [0, 0.05) is 25.7 Å². The number of aliphatic hydroxyl groups is 1. The van der Waals surface area contributed by atoms with E-state index >= 15 is 0 Å². The number of rotatable bonds is 9. The first-order valence-corrected chi connectivity index (χ1v) is 6.93. The van der Waals surface area contributed by atoms with Gasteiger partial charge in [-0.25, -0.2) is 4.39 Å². The van der Waals surface area contributed by atoms with E-state index in [0.29, 0.717) is 6.04 Å². The van der Waals surface area contributed by atoms with Crippen LogP contribution >= 0.6 is 0 Å². The SMILES string of the molecule is CCCNC(CCO)CN(C)Cc1ccc(F)cc1. The summed E-state index contributed by atoms with van der Waals surface area (Å²) in [7, 11) is 2.04. The molecule has 0 aromatic heterocycles. The molecule has 2 N–H and O–H groups in total. The summed E-state index contributed by atoms with van der Waals surface area (Å²) in [6, 6.07) is 6.90. The Kier molecular flexibility index (Phi) is 7.63. The molecule has 0 amide bonds. The summed E-state index contributed by atoms with van der Waals surface area (Å²) in [5.74, 6) is -0.200. The summed E-state index contributed by atoms with van der Waals surface area (Å²) in [6.45, 7) is 4.96. The van der Waals surface area contributed by atoms with Gasteiger partial charge < -0.3 is 15.3 Å². The maximum Gasteiger partial charge on any atom is 0.123 e. The highest BCUT2D eigenvalue weighted by Crippen LogP contribution is 2.06. The van der Waals surface area contributed by atoms with Crippen molar-refractivity contribution in [2.24, 2.45) is 0 Å². The summed E-state index contributed by atoms with van der Waals surface area (Å²) in [5, 5.41) is 12.5. The first kappa shape index (κ1) is 16.1. The molecule has 0 saturated carbocycles. The normalized spacial score (nSPS) is 12.9. The highest BCUT2D eigenvalue weighted by Gasteiger charge is 2.10. The van der Waals surface area contributed by atoms with Gasteiger partial charge in [-0.15, -0.1) is 0 Å². The van der Waals surface area contributed by atoms with E-state index < -0.39 is 0 Å². The van der Waals surface area contributed by atoms with Gasteiger partial charge >= 0.3 is 0 Å². The van der Waals surface area contributed by atoms with Crippen molar-refractivity contribution in [1.82, 2.24) is 10.2 Å². The lowest BCUT2D eigenvalue weighted by molar-refractivity contribution is 0.226. The van der Waals surface area contributed by atoms with Crippen LogP contribution in [0.5, 0.6) is 0 Å². The molecule has 1 aromatic carbocycles. The van der Waals surface area contributed by atoms with Crippen LogP contribution in [0.25, 0.3) is 0 Å². The minimum atomic E-state index is -0.200. The summed E-state index contributed by atoms with van der Waals surface area (Å²) in [5.41, 5.74) is 1.10. The van der Waals surface area contributed by atoms with Crippen LogP contribution in [0.1, 0.15) is 25.3 Å². The topological polar surface area (TPSA) is 35.5 Å². The van der Waals surface area contributed by atoms with Crippen LogP contribution in [0.4, 0.5) is 4.39 Å². The number of hydrogen-bond donors (Lipinski definition) is 2. The largest absolute Gasteiger partial charge is 0.396 e. The average molecular weight is 268 g/mol. The monoisotopic (exact) mass is 268 g/mol. The first-order valence-electron chi connectivity index (χ1n) is 6.93. The molecule has 1 rings (SSSR count). The van der Waals surface area contributed by atoms with Crippen molar-refractivity contribution in [3.63, 3.8) is 0 Å². The van der Waals surface area contributed by atoms with Gasteiger partial charge in [0.2, 0.25) is 0 Å². The fourth-order valence-electron chi connectivity index (χ4n) is 2.10. The van der Waals surface area contributed by atoms with Gasteiger partial charge in [-0.05, 0) is 44.1 Å². The van der Waals surface area contributed by atoms with E-state index in [2.05, 4.69) is 17.1 Å². The summed E-state index contributed by atoms with van der Waals surface area (Å²) < 4.78 is 12.8. The van der Waals surface area contributed by atoms with E-state index in [1.165, 1.54) is 12.1 Å². The van der Waals surface area contributed by atoms with Crippen molar-refractivity contribution < 1.29 is 9.50 Å². The predicted octanol–water partition coefficient (Wildman–Crippen LogP) is 2.01. The Morgan fingerprint density at radius 2 is 2.00 bits per heavy atom. The van der Waals surface area contributed by atoms with E-state index in [-0.39, 0.29) is 12.4 Å². The number of halogens is 1. The fraction of sp³-hybridized carbons (Fsp3) is 0.600. The molecule has 0 aliphatic heterocycles. The molecule has 1 atom stereocenters. The van der Waals surface area contributed by atoms with E-state index in [9.17, 15) is 4.39 Å². The number of nitrogens with one attached hydrogen (secondary N) is 1. The van der Waals surface area contributed by atoms with Gasteiger partial charge in [-0.3, -0.25) is 0 Å². The second kappa shape index (κ2) is 9.02. The lowest BCUT2D eigenvalue weighted by atomic mass is 10.1. The Morgan fingerprint density at radius 3 is 2.58 bits per heavy atom. The maximum atomic E-state index is 12.8. The zero-order chi connectivity index (χ0) is 14.1. The van der Waals surface area contributed by atoms with Crippen molar-refractivity contribution >= 4 is 0 Å². The van der Waals surface area contributed by atoms with E-state index in [4.69, 9.17) is 5.11 Å². The van der Waals surface area contributed by atoms with Gasteiger partial charge in [0.05, 0.1) is 0 Å². The summed E-state index contributed by atoms with van der Waals surface area (Å²) >= 11 is 0. The van der Waals surface area contributed by atoms with Crippen LogP contribution in [0.2, 0.25) is 0 Å². The first-order chi connectivity index (χ1) is 9.15. The third-order valence-corrected chi connectivity index (χ3v) is 3.06. The van der Waals surface area contributed by atoms with Crippen molar-refractivity contribution in [1.29, 1.82) is 0 Å². The predicted molar refractivity (Wildman–Crippen MR) is 76.5 cm³/mol. The molecule has 0 aliphatic carbocycles. The van der Waals surface area contributed by atoms with E-state index in [0.717, 1.165) is 38.0 Å². The standard InChI is InChI=1S/C15H25FN2O/c1-3-9-17-15(8-10-19)12-18(2)11-13-4-6-14(16)7-5-13/h4-7,15,17,19H,3,8-12H2,1-2H3. The Morgan fingerprint density at radius 1 is 1.32 bits per heavy atom. The molecule has 108 valence electrons. The van der Waals surface area contributed by atoms with Gasteiger partial charge in [-0.1, -0.05) is 19.1 Å². The molecule has 0 fully saturated rings. The Labute approximate surface area is 115 Å². The minimum absolute atomic E-state index is 0.200. The van der Waals surface area contributed by atoms with Crippen LogP contribution in [0, 0.1) is 5.82 Å².